The van der Waals surface area contributed by atoms with Gasteiger partial charge in [-0.05, 0) is 55.0 Å². The summed E-state index contributed by atoms with van der Waals surface area (Å²) in [7, 11) is 1.69. The van der Waals surface area contributed by atoms with Gasteiger partial charge in [0.15, 0.2) is 11.5 Å². The predicted molar refractivity (Wildman–Crippen MR) is 143 cm³/mol. The largest absolute Gasteiger partial charge is 0.454 e. The molecule has 1 amide bonds. The van der Waals surface area contributed by atoms with Crippen LogP contribution < -0.4 is 19.9 Å². The molecule has 2 saturated heterocycles. The summed E-state index contributed by atoms with van der Waals surface area (Å²) in [6, 6.07) is 7.64. The van der Waals surface area contributed by atoms with E-state index in [0.29, 0.717) is 44.3 Å². The summed E-state index contributed by atoms with van der Waals surface area (Å²) in [4.78, 5) is 30.7. The maximum Gasteiger partial charge on any atom is 0.270 e. The van der Waals surface area contributed by atoms with Crippen molar-refractivity contribution in [3.63, 3.8) is 0 Å². The highest BCUT2D eigenvalue weighted by Crippen LogP contribution is 2.38. The maximum atomic E-state index is 13.5. The number of nitriles is 1. The number of anilines is 1. The zero-order valence-electron chi connectivity index (χ0n) is 20.4. The minimum Gasteiger partial charge on any atom is -0.454 e. The molecule has 8 nitrogen and oxygen atoms in total. The predicted octanol–water partition coefficient (Wildman–Crippen LogP) is 3.93. The molecule has 1 atom stereocenters. The van der Waals surface area contributed by atoms with Gasteiger partial charge in [-0.15, -0.1) is 0 Å². The van der Waals surface area contributed by atoms with Crippen molar-refractivity contribution >= 4 is 46.1 Å². The van der Waals surface area contributed by atoms with E-state index in [4.69, 9.17) is 21.7 Å². The van der Waals surface area contributed by atoms with Crippen molar-refractivity contribution in [1.29, 1.82) is 5.26 Å². The molecule has 0 radical (unpaired) electrons. The fraction of sp³-hybridized carbons (Fsp3) is 0.385. The molecule has 0 saturated carbocycles. The molecule has 186 valence electrons. The Labute approximate surface area is 219 Å². The molecule has 10 heteroatoms. The lowest BCUT2D eigenvalue weighted by Crippen LogP contribution is -2.39. The molecule has 1 aromatic carbocycles. The van der Waals surface area contributed by atoms with Crippen LogP contribution >= 0.6 is 24.0 Å². The number of piperidine rings is 1. The number of carbonyl (C=O) groups is 1. The number of hydrogen-bond acceptors (Lipinski definition) is 8. The van der Waals surface area contributed by atoms with Gasteiger partial charge in [-0.25, -0.2) is 0 Å². The summed E-state index contributed by atoms with van der Waals surface area (Å²) < 4.78 is 12.8. The van der Waals surface area contributed by atoms with Crippen LogP contribution in [0.1, 0.15) is 42.0 Å². The van der Waals surface area contributed by atoms with Gasteiger partial charge in [0.25, 0.3) is 11.5 Å². The third-order valence-electron chi connectivity index (χ3n) is 6.85. The Bertz CT molecular complexity index is 1410. The average Bonchev–Trinajstić information content (AvgIpc) is 3.42. The standard InChI is InChI=1S/C26H26N4O4S2/c1-15-5-4-8-29(12-15)23-18(16(2)19(11-27)24(31)28(23)3)10-22-25(32)30(26(35)36-22)13-17-6-7-20-21(9-17)34-14-33-20/h6-7,9-10,15H,4-5,8,12-14H2,1-3H3. The molecule has 3 aliphatic heterocycles. The normalized spacial score (nSPS) is 20.4. The number of hydrogen-bond donors (Lipinski definition) is 0. The molecule has 5 rings (SSSR count). The molecule has 0 aliphatic carbocycles. The van der Waals surface area contributed by atoms with E-state index in [1.165, 1.54) is 11.8 Å². The number of carbonyl (C=O) groups excluding carboxylic acids is 1. The Morgan fingerprint density at radius 1 is 1.28 bits per heavy atom. The minimum atomic E-state index is -0.323. The van der Waals surface area contributed by atoms with E-state index in [9.17, 15) is 14.9 Å². The smallest absolute Gasteiger partial charge is 0.270 e. The highest BCUT2D eigenvalue weighted by atomic mass is 32.2. The number of pyridine rings is 1. The Hall–Kier alpha value is -3.29. The van der Waals surface area contributed by atoms with Gasteiger partial charge >= 0.3 is 0 Å². The molecule has 2 aromatic rings. The molecule has 1 unspecified atom stereocenters. The lowest BCUT2D eigenvalue weighted by Gasteiger charge is -2.35. The highest BCUT2D eigenvalue weighted by molar-refractivity contribution is 8.26. The Morgan fingerprint density at radius 3 is 2.81 bits per heavy atom. The number of thiocarbonyl (C=S) groups is 1. The van der Waals surface area contributed by atoms with E-state index in [1.807, 2.05) is 18.2 Å². The molecule has 4 heterocycles. The fourth-order valence-electron chi connectivity index (χ4n) is 4.97. The van der Waals surface area contributed by atoms with Gasteiger partial charge in [0.05, 0.1) is 11.4 Å². The summed E-state index contributed by atoms with van der Waals surface area (Å²) in [5, 5.41) is 9.70. The van der Waals surface area contributed by atoms with E-state index in [-0.39, 0.29) is 23.8 Å². The fourth-order valence-corrected chi connectivity index (χ4v) is 6.20. The average molecular weight is 523 g/mol. The van der Waals surface area contributed by atoms with Gasteiger partial charge in [-0.1, -0.05) is 37.0 Å². The zero-order chi connectivity index (χ0) is 25.6. The second kappa shape index (κ2) is 9.64. The van der Waals surface area contributed by atoms with Crippen molar-refractivity contribution in [1.82, 2.24) is 9.47 Å². The number of thioether (sulfide) groups is 1. The van der Waals surface area contributed by atoms with E-state index in [0.717, 1.165) is 37.3 Å². The number of ether oxygens (including phenoxy) is 2. The lowest BCUT2D eigenvalue weighted by atomic mass is 9.98. The van der Waals surface area contributed by atoms with Crippen LogP contribution in [0.4, 0.5) is 5.82 Å². The number of nitrogens with zero attached hydrogens (tertiary/aromatic N) is 4. The molecule has 0 spiro atoms. The number of amides is 1. The van der Waals surface area contributed by atoms with E-state index in [1.54, 1.807) is 29.5 Å². The molecule has 0 N–H and O–H groups in total. The number of aromatic nitrogens is 1. The van der Waals surface area contributed by atoms with Crippen LogP contribution in [0, 0.1) is 24.2 Å². The van der Waals surface area contributed by atoms with Crippen LogP contribution in [0.2, 0.25) is 0 Å². The SMILES string of the molecule is Cc1c(C=C2SC(=S)N(Cc3ccc4c(c3)OCO4)C2=O)c(N2CCCC(C)C2)n(C)c(=O)c1C#N. The summed E-state index contributed by atoms with van der Waals surface area (Å²) in [5.74, 6) is 2.36. The van der Waals surface area contributed by atoms with Crippen molar-refractivity contribution in [2.45, 2.75) is 33.2 Å². The maximum absolute atomic E-state index is 13.5. The van der Waals surface area contributed by atoms with Crippen molar-refractivity contribution in [2.75, 3.05) is 24.8 Å². The zero-order valence-corrected chi connectivity index (χ0v) is 22.0. The van der Waals surface area contributed by atoms with E-state index >= 15 is 0 Å². The van der Waals surface area contributed by atoms with E-state index in [2.05, 4.69) is 17.9 Å². The number of fused-ring (bicyclic) bond motifs is 1. The molecule has 2 fully saturated rings. The third kappa shape index (κ3) is 4.27. The Balaban J connectivity index is 1.52. The topological polar surface area (TPSA) is 87.8 Å². The highest BCUT2D eigenvalue weighted by Gasteiger charge is 2.34. The van der Waals surface area contributed by atoms with Crippen LogP contribution in [0.15, 0.2) is 27.9 Å². The summed E-state index contributed by atoms with van der Waals surface area (Å²) >= 11 is 6.80. The first kappa shape index (κ1) is 24.4. The molecular formula is C26H26N4O4S2. The van der Waals surface area contributed by atoms with Gasteiger partial charge in [0, 0.05) is 25.7 Å². The van der Waals surface area contributed by atoms with Crippen molar-refractivity contribution in [3.05, 3.63) is 55.7 Å². The summed E-state index contributed by atoms with van der Waals surface area (Å²) in [6.07, 6.45) is 3.95. The van der Waals surface area contributed by atoms with Crippen molar-refractivity contribution in [2.24, 2.45) is 13.0 Å². The van der Waals surface area contributed by atoms with Crippen molar-refractivity contribution in [3.8, 4) is 17.6 Å². The van der Waals surface area contributed by atoms with Crippen molar-refractivity contribution < 1.29 is 14.3 Å². The first-order valence-corrected chi connectivity index (χ1v) is 13.0. The van der Waals surface area contributed by atoms with Crippen LogP contribution in [-0.4, -0.2) is 39.6 Å². The number of rotatable bonds is 4. The Morgan fingerprint density at radius 2 is 2.06 bits per heavy atom. The van der Waals surface area contributed by atoms with Crippen LogP contribution in [0.3, 0.4) is 0 Å². The van der Waals surface area contributed by atoms with Gasteiger partial charge in [-0.3, -0.25) is 19.1 Å². The lowest BCUT2D eigenvalue weighted by molar-refractivity contribution is -0.122. The van der Waals surface area contributed by atoms with E-state index < -0.39 is 0 Å². The number of benzene rings is 1. The minimum absolute atomic E-state index is 0.0911. The van der Waals surface area contributed by atoms with Crippen LogP contribution in [0.25, 0.3) is 6.08 Å². The second-order valence-corrected chi connectivity index (χ2v) is 11.0. The van der Waals surface area contributed by atoms with Gasteiger partial charge < -0.3 is 14.4 Å². The van der Waals surface area contributed by atoms with Crippen LogP contribution in [0.5, 0.6) is 11.5 Å². The molecule has 3 aliphatic rings. The first-order chi connectivity index (χ1) is 17.3. The van der Waals surface area contributed by atoms with Crippen LogP contribution in [-0.2, 0) is 18.4 Å². The molecule has 1 aromatic heterocycles. The Kier molecular flexibility index (Phi) is 6.53. The third-order valence-corrected chi connectivity index (χ3v) is 8.23. The molecule has 36 heavy (non-hydrogen) atoms. The summed E-state index contributed by atoms with van der Waals surface area (Å²) in [6.45, 7) is 6.09. The second-order valence-electron chi connectivity index (χ2n) is 9.36. The molecular weight excluding hydrogens is 496 g/mol. The summed E-state index contributed by atoms with van der Waals surface area (Å²) in [5.41, 5.74) is 1.94. The van der Waals surface area contributed by atoms with Gasteiger partial charge in [0.2, 0.25) is 6.79 Å². The monoisotopic (exact) mass is 522 g/mol. The molecule has 0 bridgehead atoms. The first-order valence-electron chi connectivity index (χ1n) is 11.8. The van der Waals surface area contributed by atoms with Gasteiger partial charge in [-0.2, -0.15) is 5.26 Å². The van der Waals surface area contributed by atoms with Gasteiger partial charge in [0.1, 0.15) is 21.8 Å². The quantitative estimate of drug-likeness (QED) is 0.441.